The number of rotatable bonds is 7. The third-order valence-electron chi connectivity index (χ3n) is 3.24. The molecule has 1 aromatic carbocycles. The van der Waals surface area contributed by atoms with E-state index < -0.39 is 19.6 Å². The van der Waals surface area contributed by atoms with Crippen molar-refractivity contribution in [3.63, 3.8) is 0 Å². The van der Waals surface area contributed by atoms with Crippen LogP contribution in [0.3, 0.4) is 0 Å². The molecule has 1 aromatic rings. The molecule has 6 heteroatoms. The van der Waals surface area contributed by atoms with Crippen molar-refractivity contribution in [1.82, 2.24) is 5.32 Å². The maximum atomic E-state index is 12.0. The van der Waals surface area contributed by atoms with Gasteiger partial charge in [0, 0.05) is 12.6 Å². The summed E-state index contributed by atoms with van der Waals surface area (Å²) in [6.45, 7) is 2.87. The molecule has 0 amide bonds. The fraction of sp³-hybridized carbons (Fsp3) is 0.600. The van der Waals surface area contributed by atoms with Crippen LogP contribution >= 0.6 is 0 Å². The Balaban J connectivity index is 1.86. The van der Waals surface area contributed by atoms with E-state index in [9.17, 15) is 13.2 Å². The Kier molecular flexibility index (Phi) is 5.11. The van der Waals surface area contributed by atoms with Crippen LogP contribution in [0.1, 0.15) is 29.5 Å². The fourth-order valence-electron chi connectivity index (χ4n) is 2.18. The van der Waals surface area contributed by atoms with E-state index in [-0.39, 0.29) is 0 Å². The third kappa shape index (κ3) is 5.55. The second-order valence-electron chi connectivity index (χ2n) is 5.44. The van der Waals surface area contributed by atoms with Crippen molar-refractivity contribution in [3.05, 3.63) is 28.8 Å². The van der Waals surface area contributed by atoms with Crippen molar-refractivity contribution in [2.24, 2.45) is 0 Å². The van der Waals surface area contributed by atoms with Crippen LogP contribution in [0.15, 0.2) is 12.1 Å². The van der Waals surface area contributed by atoms with Crippen LogP contribution < -0.4 is 10.1 Å². The molecule has 21 heavy (non-hydrogen) atoms. The quantitative estimate of drug-likeness (QED) is 0.618. The highest BCUT2D eigenvalue weighted by atomic mass is 19.4. The summed E-state index contributed by atoms with van der Waals surface area (Å²) in [7, 11) is 0. The summed E-state index contributed by atoms with van der Waals surface area (Å²) in [5.41, 5.74) is 2.96. The number of ether oxygens (including phenoxy) is 2. The minimum Gasteiger partial charge on any atom is -0.467 e. The van der Waals surface area contributed by atoms with Gasteiger partial charge in [0.25, 0.3) is 0 Å². The Labute approximate surface area is 122 Å². The van der Waals surface area contributed by atoms with Gasteiger partial charge in [0.1, 0.15) is 12.4 Å². The van der Waals surface area contributed by atoms with Gasteiger partial charge in [-0.05, 0) is 43.4 Å². The van der Waals surface area contributed by atoms with Gasteiger partial charge in [-0.15, -0.1) is 0 Å². The third-order valence-corrected chi connectivity index (χ3v) is 3.24. The Morgan fingerprint density at radius 2 is 1.81 bits per heavy atom. The van der Waals surface area contributed by atoms with Crippen LogP contribution in [0.2, 0.25) is 0 Å². The summed E-state index contributed by atoms with van der Waals surface area (Å²) in [6, 6.07) is 4.61. The lowest BCUT2D eigenvalue weighted by Crippen LogP contribution is -2.19. The van der Waals surface area contributed by atoms with E-state index in [0.717, 1.165) is 23.2 Å². The molecule has 0 atom stereocenters. The summed E-state index contributed by atoms with van der Waals surface area (Å²) < 4.78 is 45.7. The first-order valence-electron chi connectivity index (χ1n) is 6.96. The highest BCUT2D eigenvalue weighted by Gasteiger charge is 2.27. The van der Waals surface area contributed by atoms with E-state index in [0.29, 0.717) is 11.8 Å². The first-order valence-corrected chi connectivity index (χ1v) is 6.96. The molecule has 0 spiro atoms. The van der Waals surface area contributed by atoms with Gasteiger partial charge >= 0.3 is 6.18 Å². The van der Waals surface area contributed by atoms with Gasteiger partial charge in [-0.3, -0.25) is 0 Å². The van der Waals surface area contributed by atoms with E-state index in [2.05, 4.69) is 10.1 Å². The molecule has 118 valence electrons. The summed E-state index contributed by atoms with van der Waals surface area (Å²) in [5, 5.41) is 3.43. The number of hydrogen-bond acceptors (Lipinski definition) is 3. The van der Waals surface area contributed by atoms with E-state index in [1.807, 2.05) is 26.0 Å². The Morgan fingerprint density at radius 3 is 2.33 bits per heavy atom. The summed E-state index contributed by atoms with van der Waals surface area (Å²) in [5.74, 6) is 0.590. The highest BCUT2D eigenvalue weighted by Crippen LogP contribution is 2.26. The molecule has 0 aliphatic heterocycles. The Bertz CT molecular complexity index is 461. The SMILES string of the molecule is Cc1cc(CNC2CC2)cc(C)c1OCOCC(F)(F)F. The van der Waals surface area contributed by atoms with Gasteiger partial charge in [-0.25, -0.2) is 0 Å². The predicted molar refractivity (Wildman–Crippen MR) is 73.3 cm³/mol. The van der Waals surface area contributed by atoms with Crippen molar-refractivity contribution in [2.75, 3.05) is 13.4 Å². The maximum Gasteiger partial charge on any atom is 0.411 e. The van der Waals surface area contributed by atoms with Gasteiger partial charge in [-0.2, -0.15) is 13.2 Å². The molecule has 3 nitrogen and oxygen atoms in total. The Morgan fingerprint density at radius 1 is 1.19 bits per heavy atom. The lowest BCUT2D eigenvalue weighted by Gasteiger charge is -2.15. The molecule has 1 saturated carbocycles. The van der Waals surface area contributed by atoms with Crippen LogP contribution in [0, 0.1) is 13.8 Å². The molecule has 2 rings (SSSR count). The topological polar surface area (TPSA) is 30.5 Å². The molecule has 0 heterocycles. The summed E-state index contributed by atoms with van der Waals surface area (Å²) in [4.78, 5) is 0. The number of nitrogens with one attached hydrogen (secondary N) is 1. The zero-order chi connectivity index (χ0) is 15.5. The molecule has 1 aliphatic rings. The normalized spacial score (nSPS) is 15.3. The fourth-order valence-corrected chi connectivity index (χ4v) is 2.18. The molecule has 0 saturated heterocycles. The van der Waals surface area contributed by atoms with Gasteiger partial charge < -0.3 is 14.8 Å². The van der Waals surface area contributed by atoms with Crippen LogP contribution in [-0.2, 0) is 11.3 Å². The van der Waals surface area contributed by atoms with Crippen LogP contribution in [0.4, 0.5) is 13.2 Å². The zero-order valence-electron chi connectivity index (χ0n) is 12.2. The van der Waals surface area contributed by atoms with Gasteiger partial charge in [0.15, 0.2) is 6.79 Å². The number of alkyl halides is 3. The average Bonchev–Trinajstić information content (AvgIpc) is 3.17. The van der Waals surface area contributed by atoms with Crippen molar-refractivity contribution in [1.29, 1.82) is 0 Å². The minimum atomic E-state index is -4.33. The van der Waals surface area contributed by atoms with E-state index in [1.165, 1.54) is 12.8 Å². The molecular weight excluding hydrogens is 283 g/mol. The average molecular weight is 303 g/mol. The van der Waals surface area contributed by atoms with Crippen molar-refractivity contribution < 1.29 is 22.6 Å². The second kappa shape index (κ2) is 6.66. The number of halogens is 3. The van der Waals surface area contributed by atoms with Gasteiger partial charge in [-0.1, -0.05) is 12.1 Å². The lowest BCUT2D eigenvalue weighted by atomic mass is 10.1. The molecule has 1 N–H and O–H groups in total. The van der Waals surface area contributed by atoms with E-state index >= 15 is 0 Å². The number of benzene rings is 1. The lowest BCUT2D eigenvalue weighted by molar-refractivity contribution is -0.186. The summed E-state index contributed by atoms with van der Waals surface area (Å²) in [6.07, 6.45) is -1.86. The van der Waals surface area contributed by atoms with Crippen LogP contribution in [0.25, 0.3) is 0 Å². The van der Waals surface area contributed by atoms with Crippen molar-refractivity contribution in [3.8, 4) is 5.75 Å². The second-order valence-corrected chi connectivity index (χ2v) is 5.44. The van der Waals surface area contributed by atoms with Crippen LogP contribution in [0.5, 0.6) is 5.75 Å². The highest BCUT2D eigenvalue weighted by molar-refractivity contribution is 5.43. The molecule has 1 aliphatic carbocycles. The largest absolute Gasteiger partial charge is 0.467 e. The zero-order valence-corrected chi connectivity index (χ0v) is 12.2. The number of hydrogen-bond donors (Lipinski definition) is 1. The van der Waals surface area contributed by atoms with E-state index in [4.69, 9.17) is 4.74 Å². The molecular formula is C15H20F3NO2. The van der Waals surface area contributed by atoms with Gasteiger partial charge in [0.05, 0.1) is 0 Å². The summed E-state index contributed by atoms with van der Waals surface area (Å²) >= 11 is 0. The first-order chi connectivity index (χ1) is 9.85. The smallest absolute Gasteiger partial charge is 0.411 e. The molecule has 1 fully saturated rings. The molecule has 0 radical (unpaired) electrons. The van der Waals surface area contributed by atoms with Crippen molar-refractivity contribution >= 4 is 0 Å². The minimum absolute atomic E-state index is 0.402. The maximum absolute atomic E-state index is 12.0. The molecule has 0 aromatic heterocycles. The standard InChI is InChI=1S/C15H20F3NO2/c1-10-5-12(7-19-13-3-4-13)6-11(2)14(10)21-9-20-8-15(16,17)18/h5-6,13,19H,3-4,7-9H2,1-2H3. The Hall–Kier alpha value is -1.27. The molecule has 0 bridgehead atoms. The predicted octanol–water partition coefficient (Wildman–Crippen LogP) is 3.47. The van der Waals surface area contributed by atoms with E-state index in [1.54, 1.807) is 0 Å². The monoisotopic (exact) mass is 303 g/mol. The van der Waals surface area contributed by atoms with Crippen LogP contribution in [-0.4, -0.2) is 25.6 Å². The molecule has 0 unspecified atom stereocenters. The van der Waals surface area contributed by atoms with Gasteiger partial charge in [0.2, 0.25) is 0 Å². The van der Waals surface area contributed by atoms with Crippen molar-refractivity contribution in [2.45, 2.75) is 45.5 Å². The first kappa shape index (κ1) is 16.1. The number of aryl methyl sites for hydroxylation is 2.